The van der Waals surface area contributed by atoms with Crippen LogP contribution in [0, 0.1) is 11.8 Å². The van der Waals surface area contributed by atoms with Crippen LogP contribution in [-0.2, 0) is 4.79 Å². The van der Waals surface area contributed by atoms with Crippen LogP contribution in [0.1, 0.15) is 34.1 Å². The summed E-state index contributed by atoms with van der Waals surface area (Å²) in [7, 11) is 0. The molecule has 16 heavy (non-hydrogen) atoms. The van der Waals surface area contributed by atoms with Crippen molar-refractivity contribution in [3.05, 3.63) is 0 Å². The molecule has 1 amide bonds. The van der Waals surface area contributed by atoms with Gasteiger partial charge in [-0.1, -0.05) is 20.8 Å². The molecular weight excluding hydrogens is 220 g/mol. The van der Waals surface area contributed by atoms with Crippen molar-refractivity contribution in [2.75, 3.05) is 18.1 Å². The van der Waals surface area contributed by atoms with Gasteiger partial charge in [0.15, 0.2) is 0 Å². The summed E-state index contributed by atoms with van der Waals surface area (Å²) in [4.78, 5) is 11.9. The number of carbonyl (C=O) groups is 1. The molecule has 0 bridgehead atoms. The van der Waals surface area contributed by atoms with E-state index >= 15 is 0 Å². The molecule has 3 nitrogen and oxygen atoms in total. The molecule has 0 aromatic rings. The summed E-state index contributed by atoms with van der Waals surface area (Å²) in [6.07, 6.45) is 1.03. The normalized spacial score (nSPS) is 14.9. The van der Waals surface area contributed by atoms with Crippen LogP contribution in [0.15, 0.2) is 0 Å². The predicted octanol–water partition coefficient (Wildman–Crippen LogP) is 1.87. The zero-order valence-corrected chi connectivity index (χ0v) is 11.8. The Morgan fingerprint density at radius 1 is 1.38 bits per heavy atom. The Kier molecular flexibility index (Phi) is 8.76. The topological polar surface area (TPSA) is 55.1 Å². The Labute approximate surface area is 104 Å². The molecule has 0 rings (SSSR count). The van der Waals surface area contributed by atoms with Gasteiger partial charge in [0, 0.05) is 12.6 Å². The van der Waals surface area contributed by atoms with Crippen LogP contribution < -0.4 is 11.1 Å². The number of amides is 1. The molecule has 0 aromatic carbocycles. The second-order valence-corrected chi connectivity index (χ2v) is 5.88. The fourth-order valence-electron chi connectivity index (χ4n) is 1.51. The molecule has 0 radical (unpaired) electrons. The molecule has 0 fully saturated rings. The monoisotopic (exact) mass is 246 g/mol. The smallest absolute Gasteiger partial charge is 0.224 e. The number of nitrogens with two attached hydrogens (primary N) is 1. The summed E-state index contributed by atoms with van der Waals surface area (Å²) in [5, 5.41) is 3.04. The molecule has 3 N–H and O–H groups in total. The Hall–Kier alpha value is -0.220. The second kappa shape index (κ2) is 8.88. The highest BCUT2D eigenvalue weighted by molar-refractivity contribution is 7.99. The summed E-state index contributed by atoms with van der Waals surface area (Å²) in [5.41, 5.74) is 5.61. The summed E-state index contributed by atoms with van der Waals surface area (Å²) < 4.78 is 0. The van der Waals surface area contributed by atoms with Gasteiger partial charge in [-0.25, -0.2) is 0 Å². The minimum atomic E-state index is -0.0544. The van der Waals surface area contributed by atoms with Crippen LogP contribution >= 0.6 is 11.8 Å². The second-order valence-electron chi connectivity index (χ2n) is 4.48. The summed E-state index contributed by atoms with van der Waals surface area (Å²) >= 11 is 1.91. The first-order chi connectivity index (χ1) is 7.52. The van der Waals surface area contributed by atoms with Crippen molar-refractivity contribution in [1.29, 1.82) is 0 Å². The largest absolute Gasteiger partial charge is 0.353 e. The van der Waals surface area contributed by atoms with Crippen molar-refractivity contribution in [1.82, 2.24) is 5.32 Å². The maximum absolute atomic E-state index is 11.9. The summed E-state index contributed by atoms with van der Waals surface area (Å²) in [6.45, 7) is 8.71. The van der Waals surface area contributed by atoms with Gasteiger partial charge in [-0.15, -0.1) is 0 Å². The van der Waals surface area contributed by atoms with Gasteiger partial charge in [-0.2, -0.15) is 11.8 Å². The van der Waals surface area contributed by atoms with E-state index in [-0.39, 0.29) is 17.9 Å². The van der Waals surface area contributed by atoms with Crippen LogP contribution in [0.4, 0.5) is 0 Å². The molecule has 0 spiro atoms. The van der Waals surface area contributed by atoms with E-state index in [2.05, 4.69) is 19.2 Å². The molecule has 0 saturated heterocycles. The molecule has 96 valence electrons. The van der Waals surface area contributed by atoms with Crippen LogP contribution in [-0.4, -0.2) is 30.0 Å². The Balaban J connectivity index is 3.92. The lowest BCUT2D eigenvalue weighted by Gasteiger charge is -2.21. The fourth-order valence-corrected chi connectivity index (χ4v) is 2.32. The molecule has 0 aliphatic carbocycles. The zero-order valence-electron chi connectivity index (χ0n) is 11.0. The Morgan fingerprint density at radius 2 is 2.00 bits per heavy atom. The number of hydrogen-bond donors (Lipinski definition) is 2. The molecule has 4 heteroatoms. The third-order valence-electron chi connectivity index (χ3n) is 2.68. The lowest BCUT2D eigenvalue weighted by atomic mass is 9.95. The van der Waals surface area contributed by atoms with Gasteiger partial charge in [-0.3, -0.25) is 4.79 Å². The van der Waals surface area contributed by atoms with Gasteiger partial charge in [0.1, 0.15) is 0 Å². The van der Waals surface area contributed by atoms with Crippen LogP contribution in [0.5, 0.6) is 0 Å². The van der Waals surface area contributed by atoms with Crippen LogP contribution in [0.2, 0.25) is 0 Å². The third-order valence-corrected chi connectivity index (χ3v) is 3.62. The first-order valence-electron chi connectivity index (χ1n) is 6.11. The van der Waals surface area contributed by atoms with Gasteiger partial charge in [0.2, 0.25) is 5.91 Å². The van der Waals surface area contributed by atoms with E-state index in [4.69, 9.17) is 5.73 Å². The standard InChI is InChI=1S/C12H26N2OS/c1-5-16-7-6-10(4)14-12(15)11(8-13)9(2)3/h9-11H,5-8,13H2,1-4H3,(H,14,15). The van der Waals surface area contributed by atoms with E-state index in [1.54, 1.807) is 0 Å². The van der Waals surface area contributed by atoms with E-state index in [1.807, 2.05) is 25.6 Å². The summed E-state index contributed by atoms with van der Waals surface area (Å²) in [5.74, 6) is 2.60. The molecule has 0 aromatic heterocycles. The average Bonchev–Trinajstić information content (AvgIpc) is 2.18. The van der Waals surface area contributed by atoms with Crippen molar-refractivity contribution >= 4 is 17.7 Å². The average molecular weight is 246 g/mol. The van der Waals surface area contributed by atoms with Crippen molar-refractivity contribution in [3.8, 4) is 0 Å². The molecular formula is C12H26N2OS. The number of thioether (sulfide) groups is 1. The Bertz CT molecular complexity index is 197. The van der Waals surface area contributed by atoms with Gasteiger partial charge < -0.3 is 11.1 Å². The SMILES string of the molecule is CCSCCC(C)NC(=O)C(CN)C(C)C. The molecule has 0 heterocycles. The van der Waals surface area contributed by atoms with Crippen molar-refractivity contribution in [2.24, 2.45) is 17.6 Å². The van der Waals surface area contributed by atoms with E-state index in [1.165, 1.54) is 0 Å². The number of nitrogens with one attached hydrogen (secondary N) is 1. The van der Waals surface area contributed by atoms with Crippen molar-refractivity contribution in [2.45, 2.75) is 40.2 Å². The number of hydrogen-bond acceptors (Lipinski definition) is 3. The zero-order chi connectivity index (χ0) is 12.6. The van der Waals surface area contributed by atoms with Crippen LogP contribution in [0.3, 0.4) is 0 Å². The quantitative estimate of drug-likeness (QED) is 0.643. The Morgan fingerprint density at radius 3 is 2.44 bits per heavy atom. The summed E-state index contributed by atoms with van der Waals surface area (Å²) in [6, 6.07) is 0.249. The lowest BCUT2D eigenvalue weighted by molar-refractivity contribution is -0.126. The highest BCUT2D eigenvalue weighted by Gasteiger charge is 2.21. The minimum absolute atomic E-state index is 0.0544. The molecule has 2 atom stereocenters. The maximum Gasteiger partial charge on any atom is 0.224 e. The van der Waals surface area contributed by atoms with E-state index in [0.29, 0.717) is 12.5 Å². The predicted molar refractivity (Wildman–Crippen MR) is 72.6 cm³/mol. The third kappa shape index (κ3) is 6.38. The van der Waals surface area contributed by atoms with Crippen LogP contribution in [0.25, 0.3) is 0 Å². The first kappa shape index (κ1) is 15.8. The van der Waals surface area contributed by atoms with E-state index in [0.717, 1.165) is 17.9 Å². The highest BCUT2D eigenvalue weighted by Crippen LogP contribution is 2.10. The number of carbonyl (C=O) groups excluding carboxylic acids is 1. The minimum Gasteiger partial charge on any atom is -0.353 e. The highest BCUT2D eigenvalue weighted by atomic mass is 32.2. The molecule has 0 saturated carbocycles. The van der Waals surface area contributed by atoms with Gasteiger partial charge in [0.05, 0.1) is 5.92 Å². The fraction of sp³-hybridized carbons (Fsp3) is 0.917. The maximum atomic E-state index is 11.9. The van der Waals surface area contributed by atoms with Gasteiger partial charge >= 0.3 is 0 Å². The van der Waals surface area contributed by atoms with E-state index in [9.17, 15) is 4.79 Å². The molecule has 0 aliphatic rings. The van der Waals surface area contributed by atoms with Crippen molar-refractivity contribution < 1.29 is 4.79 Å². The molecule has 0 aliphatic heterocycles. The van der Waals surface area contributed by atoms with Crippen molar-refractivity contribution in [3.63, 3.8) is 0 Å². The van der Waals surface area contributed by atoms with Gasteiger partial charge in [0.25, 0.3) is 0 Å². The van der Waals surface area contributed by atoms with Gasteiger partial charge in [-0.05, 0) is 30.8 Å². The first-order valence-corrected chi connectivity index (χ1v) is 7.26. The van der Waals surface area contributed by atoms with E-state index < -0.39 is 0 Å². The lowest BCUT2D eigenvalue weighted by Crippen LogP contribution is -2.42. The number of rotatable bonds is 8. The molecule has 2 unspecified atom stereocenters.